The lowest BCUT2D eigenvalue weighted by Gasteiger charge is -2.18. The molecule has 1 atom stereocenters. The van der Waals surface area contributed by atoms with Gasteiger partial charge in [-0.05, 0) is 141 Å². The molecule has 0 aliphatic heterocycles. The van der Waals surface area contributed by atoms with E-state index in [1.807, 2.05) is 0 Å². The largest absolute Gasteiger partial charge is 0.462 e. The summed E-state index contributed by atoms with van der Waals surface area (Å²) >= 11 is 0. The zero-order chi connectivity index (χ0) is 57.1. The summed E-state index contributed by atoms with van der Waals surface area (Å²) in [7, 11) is 0. The highest BCUT2D eigenvalue weighted by Crippen LogP contribution is 2.14. The number of carbonyl (C=O) groups is 3. The molecule has 0 spiro atoms. The number of allylic oxidation sites excluding steroid dienone is 26. The van der Waals surface area contributed by atoms with Crippen LogP contribution in [0.25, 0.3) is 0 Å². The van der Waals surface area contributed by atoms with Gasteiger partial charge < -0.3 is 14.2 Å². The molecule has 0 aromatic rings. The van der Waals surface area contributed by atoms with Crippen molar-refractivity contribution in [3.05, 3.63) is 158 Å². The van der Waals surface area contributed by atoms with E-state index in [-0.39, 0.29) is 31.1 Å². The van der Waals surface area contributed by atoms with Crippen LogP contribution < -0.4 is 0 Å². The third kappa shape index (κ3) is 63.7. The van der Waals surface area contributed by atoms with Crippen LogP contribution in [-0.2, 0) is 28.6 Å². The summed E-state index contributed by atoms with van der Waals surface area (Å²) in [5.74, 6) is -0.947. The molecule has 0 aromatic carbocycles. The molecule has 0 N–H and O–H groups in total. The Bertz CT molecular complexity index is 1780. The van der Waals surface area contributed by atoms with E-state index in [9.17, 15) is 14.4 Å². The quantitative estimate of drug-likeness (QED) is 0.0261. The molecule has 0 aliphatic rings. The topological polar surface area (TPSA) is 78.9 Å². The van der Waals surface area contributed by atoms with Gasteiger partial charge in [0, 0.05) is 19.3 Å². The standard InChI is InChI=1S/C73H116O6/c1-4-7-10-13-16-19-22-24-26-28-30-32-33-34-35-36-37-38-39-41-42-44-46-48-51-54-57-60-63-66-72(75)78-69-70(68-77-71(74)65-62-59-56-53-50-21-18-15-12-9-6-3)79-73(76)67-64-61-58-55-52-49-47-45-43-40-31-29-27-25-23-20-17-14-11-8-5-2/h7-8,10-11,15-20,24-27,30-32,34-35,37-38,40-42,46,48,70H,4-6,9,12-14,21-23,28-29,33,36,39,43-45,47,49-69H2,1-3H3/b10-7-,11-8-,18-15-,19-16-,20-17-,26-24-,27-25-,32-30-,35-34-,38-37-,40-31-,42-41-,48-46-. The van der Waals surface area contributed by atoms with E-state index >= 15 is 0 Å². The van der Waals surface area contributed by atoms with Gasteiger partial charge in [-0.15, -0.1) is 0 Å². The van der Waals surface area contributed by atoms with Gasteiger partial charge >= 0.3 is 17.9 Å². The summed E-state index contributed by atoms with van der Waals surface area (Å²) in [5.41, 5.74) is 0. The predicted molar refractivity (Wildman–Crippen MR) is 343 cm³/mol. The van der Waals surface area contributed by atoms with E-state index < -0.39 is 6.10 Å². The molecule has 0 rings (SSSR count). The highest BCUT2D eigenvalue weighted by atomic mass is 16.6. The van der Waals surface area contributed by atoms with Gasteiger partial charge in [0.05, 0.1) is 0 Å². The SMILES string of the molecule is CC/C=C\C/C=C\C/C=C\C/C=C\C/C=C\C/C=C\C/C=C\C/C=C\CCCCCCC(=O)OCC(COC(=O)CCCCCCC/C=C\CCCC)OC(=O)CCCCCCCCCC/C=C\C/C=C\C/C=C\C/C=C\CC. The Kier molecular flexibility index (Phi) is 61.4. The molecule has 0 aliphatic carbocycles. The smallest absolute Gasteiger partial charge is 0.306 e. The van der Waals surface area contributed by atoms with Gasteiger partial charge in [-0.3, -0.25) is 14.4 Å². The number of esters is 3. The molecule has 0 aromatic heterocycles. The van der Waals surface area contributed by atoms with Crippen LogP contribution >= 0.6 is 0 Å². The molecule has 1 unspecified atom stereocenters. The highest BCUT2D eigenvalue weighted by Gasteiger charge is 2.19. The van der Waals surface area contributed by atoms with Gasteiger partial charge in [0.2, 0.25) is 0 Å². The van der Waals surface area contributed by atoms with Gasteiger partial charge in [-0.1, -0.05) is 262 Å². The fourth-order valence-corrected chi connectivity index (χ4v) is 8.25. The van der Waals surface area contributed by atoms with E-state index in [2.05, 4.69) is 179 Å². The van der Waals surface area contributed by atoms with Crippen molar-refractivity contribution >= 4 is 17.9 Å². The second kappa shape index (κ2) is 65.5. The van der Waals surface area contributed by atoms with Crippen LogP contribution in [0.1, 0.15) is 265 Å². The van der Waals surface area contributed by atoms with Crippen molar-refractivity contribution in [3.63, 3.8) is 0 Å². The van der Waals surface area contributed by atoms with Crippen molar-refractivity contribution < 1.29 is 28.6 Å². The molecule has 6 nitrogen and oxygen atoms in total. The maximum Gasteiger partial charge on any atom is 0.306 e. The monoisotopic (exact) mass is 1090 g/mol. The first-order valence-electron chi connectivity index (χ1n) is 32.0. The first kappa shape index (κ1) is 74.0. The van der Waals surface area contributed by atoms with Gasteiger partial charge in [-0.2, -0.15) is 0 Å². The molecule has 79 heavy (non-hydrogen) atoms. The minimum atomic E-state index is -0.805. The van der Waals surface area contributed by atoms with Crippen LogP contribution in [0.4, 0.5) is 0 Å². The minimum absolute atomic E-state index is 0.0999. The van der Waals surface area contributed by atoms with E-state index in [4.69, 9.17) is 14.2 Å². The molecule has 0 amide bonds. The van der Waals surface area contributed by atoms with Gasteiger partial charge in [-0.25, -0.2) is 0 Å². The van der Waals surface area contributed by atoms with Gasteiger partial charge in [0.25, 0.3) is 0 Å². The molecule has 0 bridgehead atoms. The summed E-state index contributed by atoms with van der Waals surface area (Å²) in [6, 6.07) is 0. The van der Waals surface area contributed by atoms with E-state index in [1.54, 1.807) is 0 Å². The van der Waals surface area contributed by atoms with Gasteiger partial charge in [0.15, 0.2) is 6.10 Å². The van der Waals surface area contributed by atoms with Crippen molar-refractivity contribution in [3.8, 4) is 0 Å². The summed E-state index contributed by atoms with van der Waals surface area (Å²) in [6.45, 7) is 6.33. The summed E-state index contributed by atoms with van der Waals surface area (Å²) in [4.78, 5) is 38.3. The number of ether oxygens (including phenoxy) is 3. The number of hydrogen-bond acceptors (Lipinski definition) is 6. The fraction of sp³-hybridized carbons (Fsp3) is 0.603. The summed E-state index contributed by atoms with van der Waals surface area (Å²) < 4.78 is 16.9. The zero-order valence-electron chi connectivity index (χ0n) is 50.8. The Morgan fingerprint density at radius 3 is 0.785 bits per heavy atom. The van der Waals surface area contributed by atoms with Gasteiger partial charge in [0.1, 0.15) is 13.2 Å². The number of carbonyl (C=O) groups excluding carboxylic acids is 3. The number of rotatable bonds is 56. The molecular formula is C73H116O6. The molecule has 0 radical (unpaired) electrons. The lowest BCUT2D eigenvalue weighted by atomic mass is 10.1. The van der Waals surface area contributed by atoms with Crippen LogP contribution in [0.15, 0.2) is 158 Å². The fourth-order valence-electron chi connectivity index (χ4n) is 8.25. The van der Waals surface area contributed by atoms with Crippen LogP contribution in [-0.4, -0.2) is 37.2 Å². The van der Waals surface area contributed by atoms with Crippen molar-refractivity contribution in [2.45, 2.75) is 271 Å². The lowest BCUT2D eigenvalue weighted by molar-refractivity contribution is -0.167. The Balaban J connectivity index is 4.39. The molecule has 0 heterocycles. The average molecular weight is 1090 g/mol. The second-order valence-corrected chi connectivity index (χ2v) is 20.5. The minimum Gasteiger partial charge on any atom is -0.462 e. The Hall–Kier alpha value is -4.97. The summed E-state index contributed by atoms with van der Waals surface area (Å²) in [6.07, 6.45) is 95.3. The normalized spacial score (nSPS) is 13.2. The molecule has 444 valence electrons. The maximum atomic E-state index is 12.9. The highest BCUT2D eigenvalue weighted by molar-refractivity contribution is 5.71. The second-order valence-electron chi connectivity index (χ2n) is 20.5. The van der Waals surface area contributed by atoms with E-state index in [0.29, 0.717) is 19.3 Å². The lowest BCUT2D eigenvalue weighted by Crippen LogP contribution is -2.30. The summed E-state index contributed by atoms with van der Waals surface area (Å²) in [5, 5.41) is 0. The molecule has 0 saturated carbocycles. The third-order valence-corrected chi connectivity index (χ3v) is 13.0. The maximum absolute atomic E-state index is 12.9. The van der Waals surface area contributed by atoms with E-state index in [0.717, 1.165) is 167 Å². The van der Waals surface area contributed by atoms with Crippen LogP contribution in [0.5, 0.6) is 0 Å². The first-order valence-corrected chi connectivity index (χ1v) is 32.0. The predicted octanol–water partition coefficient (Wildman–Crippen LogP) is 22.1. The molecule has 0 saturated heterocycles. The van der Waals surface area contributed by atoms with Crippen molar-refractivity contribution in [1.82, 2.24) is 0 Å². The van der Waals surface area contributed by atoms with Crippen LogP contribution in [0.2, 0.25) is 0 Å². The Labute approximate surface area is 486 Å². The number of hydrogen-bond donors (Lipinski definition) is 0. The van der Waals surface area contributed by atoms with Crippen molar-refractivity contribution in [1.29, 1.82) is 0 Å². The Morgan fingerprint density at radius 1 is 0.266 bits per heavy atom. The average Bonchev–Trinajstić information content (AvgIpc) is 3.45. The van der Waals surface area contributed by atoms with E-state index in [1.165, 1.54) is 57.8 Å². The first-order chi connectivity index (χ1) is 39.0. The van der Waals surface area contributed by atoms with Crippen LogP contribution in [0.3, 0.4) is 0 Å². The molecule has 6 heteroatoms. The Morgan fingerprint density at radius 2 is 0.494 bits per heavy atom. The number of unbranched alkanes of at least 4 members (excludes halogenated alkanes) is 19. The molecular weight excluding hydrogens is 973 g/mol. The molecule has 0 fully saturated rings. The zero-order valence-corrected chi connectivity index (χ0v) is 50.8. The van der Waals surface area contributed by atoms with Crippen LogP contribution in [0, 0.1) is 0 Å². The van der Waals surface area contributed by atoms with Crippen molar-refractivity contribution in [2.24, 2.45) is 0 Å². The van der Waals surface area contributed by atoms with Crippen molar-refractivity contribution in [2.75, 3.05) is 13.2 Å². The third-order valence-electron chi connectivity index (χ3n) is 13.0.